The molecule has 0 saturated heterocycles. The number of carbonyl (C=O) groups excluding carboxylic acids is 2. The van der Waals surface area contributed by atoms with Gasteiger partial charge in [0.2, 0.25) is 0 Å². The van der Waals surface area contributed by atoms with Crippen molar-refractivity contribution in [3.8, 4) is 17.6 Å². The van der Waals surface area contributed by atoms with Crippen LogP contribution in [0.25, 0.3) is 6.08 Å². The van der Waals surface area contributed by atoms with Gasteiger partial charge < -0.3 is 20.1 Å². The van der Waals surface area contributed by atoms with Gasteiger partial charge in [0.25, 0.3) is 11.8 Å². The maximum atomic E-state index is 12.6. The number of carbonyl (C=O) groups is 2. The minimum Gasteiger partial charge on any atom is -0.494 e. The summed E-state index contributed by atoms with van der Waals surface area (Å²) in [5.74, 6) is -0.188. The van der Waals surface area contributed by atoms with Gasteiger partial charge in [-0.25, -0.2) is 0 Å². The first-order valence-corrected chi connectivity index (χ1v) is 11.7. The van der Waals surface area contributed by atoms with Crippen LogP contribution in [0.2, 0.25) is 10.0 Å². The predicted octanol–water partition coefficient (Wildman–Crippen LogP) is 6.26. The van der Waals surface area contributed by atoms with Crippen molar-refractivity contribution >= 4 is 52.5 Å². The summed E-state index contributed by atoms with van der Waals surface area (Å²) in [5, 5.41) is 15.1. The molecule has 184 valence electrons. The maximum Gasteiger partial charge on any atom is 0.266 e. The minimum atomic E-state index is -0.595. The minimum absolute atomic E-state index is 0.117. The highest BCUT2D eigenvalue weighted by Gasteiger charge is 2.14. The Morgan fingerprint density at radius 3 is 2.11 bits per heavy atom. The Balaban J connectivity index is 1.66. The molecule has 3 aromatic rings. The number of hydrogen-bond acceptors (Lipinski definition) is 5. The Morgan fingerprint density at radius 1 is 0.944 bits per heavy atom. The van der Waals surface area contributed by atoms with Crippen LogP contribution >= 0.6 is 23.2 Å². The second kappa shape index (κ2) is 12.6. The Bertz CT molecular complexity index is 1290. The number of nitrogens with one attached hydrogen (secondary N) is 2. The van der Waals surface area contributed by atoms with Crippen LogP contribution in [0, 0.1) is 18.3 Å². The monoisotopic (exact) mass is 523 g/mol. The molecule has 0 saturated carbocycles. The zero-order valence-corrected chi connectivity index (χ0v) is 21.1. The lowest BCUT2D eigenvalue weighted by molar-refractivity contribution is -0.118. The normalized spacial score (nSPS) is 10.8. The number of ether oxygens (including phenoxy) is 2. The molecule has 0 spiro atoms. The number of aryl methyl sites for hydroxylation is 1. The van der Waals surface area contributed by atoms with Crippen molar-refractivity contribution in [2.75, 3.05) is 23.8 Å². The van der Waals surface area contributed by atoms with E-state index in [0.29, 0.717) is 29.3 Å². The van der Waals surface area contributed by atoms with Crippen molar-refractivity contribution in [3.63, 3.8) is 0 Å². The highest BCUT2D eigenvalue weighted by Crippen LogP contribution is 2.35. The number of hydrogen-bond donors (Lipinski definition) is 2. The van der Waals surface area contributed by atoms with Gasteiger partial charge in [-0.05, 0) is 74.0 Å². The molecule has 0 aromatic heterocycles. The number of benzene rings is 3. The van der Waals surface area contributed by atoms with Crippen molar-refractivity contribution in [1.29, 1.82) is 5.26 Å². The van der Waals surface area contributed by atoms with E-state index in [0.717, 1.165) is 5.56 Å². The van der Waals surface area contributed by atoms with E-state index in [4.69, 9.17) is 32.7 Å². The van der Waals surface area contributed by atoms with E-state index in [9.17, 15) is 14.9 Å². The molecule has 2 N–H and O–H groups in total. The van der Waals surface area contributed by atoms with E-state index in [-0.39, 0.29) is 33.9 Å². The van der Waals surface area contributed by atoms with Crippen LogP contribution in [0.15, 0.2) is 66.2 Å². The molecule has 0 aliphatic carbocycles. The van der Waals surface area contributed by atoms with Crippen molar-refractivity contribution in [3.05, 3.63) is 87.4 Å². The van der Waals surface area contributed by atoms with Gasteiger partial charge in [-0.1, -0.05) is 40.9 Å². The first-order chi connectivity index (χ1) is 17.3. The van der Waals surface area contributed by atoms with E-state index < -0.39 is 5.91 Å². The molecule has 7 nitrogen and oxygen atoms in total. The van der Waals surface area contributed by atoms with Gasteiger partial charge in [0, 0.05) is 11.4 Å². The molecule has 9 heteroatoms. The molecule has 0 radical (unpaired) electrons. The molecule has 0 unspecified atom stereocenters. The third kappa shape index (κ3) is 7.51. The Labute approximate surface area is 219 Å². The summed E-state index contributed by atoms with van der Waals surface area (Å²) < 4.78 is 10.9. The highest BCUT2D eigenvalue weighted by atomic mass is 35.5. The summed E-state index contributed by atoms with van der Waals surface area (Å²) in [4.78, 5) is 24.8. The largest absolute Gasteiger partial charge is 0.494 e. The fraction of sp³-hybridized carbons (Fsp3) is 0.148. The number of nitriles is 1. The number of nitrogens with zero attached hydrogens (tertiary/aromatic N) is 1. The second-order valence-corrected chi connectivity index (χ2v) is 8.41. The summed E-state index contributed by atoms with van der Waals surface area (Å²) in [6.07, 6.45) is 1.36. The van der Waals surface area contributed by atoms with E-state index in [2.05, 4.69) is 10.6 Å². The average Bonchev–Trinajstić information content (AvgIpc) is 2.84. The molecule has 0 atom stereocenters. The van der Waals surface area contributed by atoms with Crippen LogP contribution in [-0.4, -0.2) is 25.0 Å². The first-order valence-electron chi connectivity index (χ1n) is 10.9. The number of rotatable bonds is 9. The topological polar surface area (TPSA) is 100 Å². The van der Waals surface area contributed by atoms with E-state index in [1.807, 2.05) is 32.0 Å². The number of amides is 2. The van der Waals surface area contributed by atoms with Gasteiger partial charge in [-0.3, -0.25) is 9.59 Å². The summed E-state index contributed by atoms with van der Waals surface area (Å²) >= 11 is 12.6. The van der Waals surface area contributed by atoms with Gasteiger partial charge in [0.15, 0.2) is 12.4 Å². The van der Waals surface area contributed by atoms with Crippen LogP contribution in [0.5, 0.6) is 11.5 Å². The van der Waals surface area contributed by atoms with Gasteiger partial charge >= 0.3 is 0 Å². The van der Waals surface area contributed by atoms with Crippen LogP contribution in [0.1, 0.15) is 18.1 Å². The van der Waals surface area contributed by atoms with Crippen molar-refractivity contribution < 1.29 is 19.1 Å². The summed E-state index contributed by atoms with van der Waals surface area (Å²) in [6.45, 7) is 4.05. The third-order valence-electron chi connectivity index (χ3n) is 4.80. The van der Waals surface area contributed by atoms with Crippen molar-refractivity contribution in [2.24, 2.45) is 0 Å². The van der Waals surface area contributed by atoms with Crippen molar-refractivity contribution in [1.82, 2.24) is 0 Å². The standard InChI is InChI=1S/C27H23Cl2N3O4/c1-3-35-22-10-8-21(9-11-22)32-27(34)19(15-30)12-18-13-23(28)26(24(29)14-18)36-16-25(33)31-20-6-4-17(2)5-7-20/h4-14H,3,16H2,1-2H3,(H,31,33)(H,32,34)/b19-12+. The molecule has 0 fully saturated rings. The summed E-state index contributed by atoms with van der Waals surface area (Å²) in [5.41, 5.74) is 2.49. The SMILES string of the molecule is CCOc1ccc(NC(=O)/C(C#N)=C/c2cc(Cl)c(OCC(=O)Nc3ccc(C)cc3)c(Cl)c2)cc1. The Hall–Kier alpha value is -3.99. The zero-order valence-electron chi connectivity index (χ0n) is 19.6. The third-order valence-corrected chi connectivity index (χ3v) is 5.36. The number of halogens is 2. The zero-order chi connectivity index (χ0) is 26.1. The maximum absolute atomic E-state index is 12.6. The Kier molecular flexibility index (Phi) is 9.34. The molecular formula is C27H23Cl2N3O4. The average molecular weight is 524 g/mol. The Morgan fingerprint density at radius 2 is 1.53 bits per heavy atom. The lowest BCUT2D eigenvalue weighted by Crippen LogP contribution is -2.20. The molecular weight excluding hydrogens is 501 g/mol. The predicted molar refractivity (Wildman–Crippen MR) is 142 cm³/mol. The molecule has 3 aromatic carbocycles. The smallest absolute Gasteiger partial charge is 0.266 e. The molecule has 36 heavy (non-hydrogen) atoms. The quantitative estimate of drug-likeness (QED) is 0.254. The molecule has 0 heterocycles. The molecule has 0 aliphatic rings. The molecule has 2 amide bonds. The van der Waals surface area contributed by atoms with Gasteiger partial charge in [-0.15, -0.1) is 0 Å². The van der Waals surface area contributed by atoms with Crippen LogP contribution in [0.3, 0.4) is 0 Å². The fourth-order valence-electron chi connectivity index (χ4n) is 3.09. The van der Waals surface area contributed by atoms with E-state index in [1.165, 1.54) is 18.2 Å². The summed E-state index contributed by atoms with van der Waals surface area (Å²) in [6, 6.07) is 19.0. The van der Waals surface area contributed by atoms with E-state index in [1.54, 1.807) is 36.4 Å². The second-order valence-electron chi connectivity index (χ2n) is 7.60. The van der Waals surface area contributed by atoms with Crippen molar-refractivity contribution in [2.45, 2.75) is 13.8 Å². The van der Waals surface area contributed by atoms with Crippen LogP contribution in [0.4, 0.5) is 11.4 Å². The van der Waals surface area contributed by atoms with E-state index >= 15 is 0 Å². The van der Waals surface area contributed by atoms with Gasteiger partial charge in [0.1, 0.15) is 17.4 Å². The lowest BCUT2D eigenvalue weighted by Gasteiger charge is -2.11. The molecule has 0 bridgehead atoms. The fourth-order valence-corrected chi connectivity index (χ4v) is 3.70. The van der Waals surface area contributed by atoms with Gasteiger partial charge in [0.05, 0.1) is 16.7 Å². The van der Waals surface area contributed by atoms with Gasteiger partial charge in [-0.2, -0.15) is 5.26 Å². The van der Waals surface area contributed by atoms with Crippen LogP contribution < -0.4 is 20.1 Å². The summed E-state index contributed by atoms with van der Waals surface area (Å²) in [7, 11) is 0. The number of anilines is 2. The highest BCUT2D eigenvalue weighted by molar-refractivity contribution is 6.37. The molecule has 0 aliphatic heterocycles. The first kappa shape index (κ1) is 26.6. The van der Waals surface area contributed by atoms with Crippen LogP contribution in [-0.2, 0) is 9.59 Å². The molecule has 3 rings (SSSR count). The lowest BCUT2D eigenvalue weighted by atomic mass is 10.1.